The van der Waals surface area contributed by atoms with Crippen molar-refractivity contribution in [2.75, 3.05) is 0 Å². The van der Waals surface area contributed by atoms with Gasteiger partial charge in [0.25, 0.3) is 0 Å². The molecule has 1 aromatic carbocycles. The second-order valence-electron chi connectivity index (χ2n) is 7.22. The fourth-order valence-corrected chi connectivity index (χ4v) is 3.94. The Kier molecular flexibility index (Phi) is 6.85. The van der Waals surface area contributed by atoms with E-state index in [9.17, 15) is 8.78 Å². The number of hydrogen-bond acceptors (Lipinski definition) is 0. The predicted octanol–water partition coefficient (Wildman–Crippen LogP) is 6.85. The average Bonchev–Trinajstić information content (AvgIpc) is 2.51. The zero-order valence-electron chi connectivity index (χ0n) is 14.1. The summed E-state index contributed by atoms with van der Waals surface area (Å²) in [5, 5.41) is 0. The van der Waals surface area contributed by atoms with Crippen LogP contribution in [0.15, 0.2) is 18.2 Å². The topological polar surface area (TPSA) is 0 Å². The lowest BCUT2D eigenvalue weighted by atomic mass is 9.77. The molecule has 1 aliphatic rings. The van der Waals surface area contributed by atoms with Crippen molar-refractivity contribution in [3.63, 3.8) is 0 Å². The molecule has 0 heterocycles. The Morgan fingerprint density at radius 3 is 2.41 bits per heavy atom. The maximum absolute atomic E-state index is 13.3. The summed E-state index contributed by atoms with van der Waals surface area (Å²) in [6.45, 7) is 4.62. The second-order valence-corrected chi connectivity index (χ2v) is 7.22. The van der Waals surface area contributed by atoms with Crippen molar-refractivity contribution >= 4 is 0 Å². The summed E-state index contributed by atoms with van der Waals surface area (Å²) in [4.78, 5) is 0. The molecule has 0 N–H and O–H groups in total. The van der Waals surface area contributed by atoms with Gasteiger partial charge >= 0.3 is 0 Å². The van der Waals surface area contributed by atoms with E-state index in [1.54, 1.807) is 6.07 Å². The van der Waals surface area contributed by atoms with E-state index < -0.39 is 11.6 Å². The lowest BCUT2D eigenvalue weighted by molar-refractivity contribution is 0.294. The highest BCUT2D eigenvalue weighted by molar-refractivity contribution is 5.22. The van der Waals surface area contributed by atoms with E-state index in [0.29, 0.717) is 5.92 Å². The van der Waals surface area contributed by atoms with Crippen molar-refractivity contribution < 1.29 is 8.78 Å². The van der Waals surface area contributed by atoms with Gasteiger partial charge in [-0.05, 0) is 61.1 Å². The average molecular weight is 308 g/mol. The van der Waals surface area contributed by atoms with Crippen LogP contribution in [0.2, 0.25) is 0 Å². The highest BCUT2D eigenvalue weighted by Gasteiger charge is 2.23. The third-order valence-corrected chi connectivity index (χ3v) is 5.35. The maximum atomic E-state index is 13.3. The summed E-state index contributed by atoms with van der Waals surface area (Å²) in [5.74, 6) is 0.687. The fourth-order valence-electron chi connectivity index (χ4n) is 3.94. The van der Waals surface area contributed by atoms with Crippen molar-refractivity contribution in [1.29, 1.82) is 0 Å². The molecule has 0 spiro atoms. The lowest BCUT2D eigenvalue weighted by Crippen LogP contribution is -2.14. The van der Waals surface area contributed by atoms with E-state index in [1.807, 2.05) is 0 Å². The van der Waals surface area contributed by atoms with Crippen LogP contribution in [-0.4, -0.2) is 0 Å². The number of hydrogen-bond donors (Lipinski definition) is 0. The molecule has 0 aromatic heterocycles. The third kappa shape index (κ3) is 5.07. The Morgan fingerprint density at radius 1 is 1.05 bits per heavy atom. The fraction of sp³-hybridized carbons (Fsp3) is 0.700. The van der Waals surface area contributed by atoms with Gasteiger partial charge in [0.15, 0.2) is 11.6 Å². The molecule has 1 unspecified atom stereocenters. The first-order chi connectivity index (χ1) is 10.6. The Hall–Kier alpha value is -0.920. The molecule has 1 aromatic rings. The van der Waals surface area contributed by atoms with Gasteiger partial charge in [0.2, 0.25) is 0 Å². The Morgan fingerprint density at radius 2 is 1.77 bits per heavy atom. The molecule has 0 nitrogen and oxygen atoms in total. The molecule has 1 atom stereocenters. The minimum Gasteiger partial charge on any atom is -0.204 e. The lowest BCUT2D eigenvalue weighted by Gasteiger charge is -2.29. The molecule has 1 fully saturated rings. The van der Waals surface area contributed by atoms with Gasteiger partial charge in [0.05, 0.1) is 0 Å². The van der Waals surface area contributed by atoms with Crippen molar-refractivity contribution in [1.82, 2.24) is 0 Å². The SMILES string of the molecule is CCCC(C)CCCC1CCC(c2ccc(F)c(F)c2)CC1. The van der Waals surface area contributed by atoms with Gasteiger partial charge < -0.3 is 0 Å². The largest absolute Gasteiger partial charge is 0.204 e. The second kappa shape index (κ2) is 8.64. The van der Waals surface area contributed by atoms with E-state index in [2.05, 4.69) is 13.8 Å². The molecule has 1 aliphatic carbocycles. The van der Waals surface area contributed by atoms with E-state index in [0.717, 1.165) is 30.2 Å². The minimum absolute atomic E-state index is 0.422. The van der Waals surface area contributed by atoms with Gasteiger partial charge in [-0.3, -0.25) is 0 Å². The summed E-state index contributed by atoms with van der Waals surface area (Å²) in [6.07, 6.45) is 11.4. The molecule has 0 saturated heterocycles. The smallest absolute Gasteiger partial charge is 0.159 e. The van der Waals surface area contributed by atoms with Gasteiger partial charge in [-0.25, -0.2) is 8.78 Å². The van der Waals surface area contributed by atoms with Crippen molar-refractivity contribution in [2.45, 2.75) is 77.6 Å². The molecule has 124 valence electrons. The molecular formula is C20H30F2. The van der Waals surface area contributed by atoms with Crippen molar-refractivity contribution in [2.24, 2.45) is 11.8 Å². The van der Waals surface area contributed by atoms with Crippen molar-refractivity contribution in [3.8, 4) is 0 Å². The van der Waals surface area contributed by atoms with Crippen LogP contribution >= 0.6 is 0 Å². The molecule has 22 heavy (non-hydrogen) atoms. The number of benzene rings is 1. The van der Waals surface area contributed by atoms with Crippen LogP contribution in [0.3, 0.4) is 0 Å². The first-order valence-corrected chi connectivity index (χ1v) is 9.05. The van der Waals surface area contributed by atoms with Gasteiger partial charge in [-0.15, -0.1) is 0 Å². The van der Waals surface area contributed by atoms with Gasteiger partial charge in [-0.2, -0.15) is 0 Å². The van der Waals surface area contributed by atoms with E-state index in [4.69, 9.17) is 0 Å². The predicted molar refractivity (Wildman–Crippen MR) is 89.0 cm³/mol. The zero-order chi connectivity index (χ0) is 15.9. The van der Waals surface area contributed by atoms with Crippen LogP contribution in [0.25, 0.3) is 0 Å². The number of halogens is 2. The molecule has 1 saturated carbocycles. The molecule has 0 radical (unpaired) electrons. The van der Waals surface area contributed by atoms with Crippen LogP contribution in [0.5, 0.6) is 0 Å². The normalized spacial score (nSPS) is 23.5. The maximum Gasteiger partial charge on any atom is 0.159 e. The van der Waals surface area contributed by atoms with Crippen LogP contribution in [0.4, 0.5) is 8.78 Å². The molecule has 0 bridgehead atoms. The van der Waals surface area contributed by atoms with Crippen LogP contribution in [0.1, 0.15) is 83.1 Å². The van der Waals surface area contributed by atoms with Gasteiger partial charge in [-0.1, -0.05) is 52.0 Å². The molecule has 2 rings (SSSR count). The van der Waals surface area contributed by atoms with E-state index >= 15 is 0 Å². The third-order valence-electron chi connectivity index (χ3n) is 5.35. The summed E-state index contributed by atoms with van der Waals surface area (Å²) in [6, 6.07) is 4.43. The minimum atomic E-state index is -0.737. The van der Waals surface area contributed by atoms with Crippen LogP contribution in [-0.2, 0) is 0 Å². The van der Waals surface area contributed by atoms with Gasteiger partial charge in [0, 0.05) is 0 Å². The summed E-state index contributed by atoms with van der Waals surface area (Å²) in [5.41, 5.74) is 0.980. The monoisotopic (exact) mass is 308 g/mol. The quantitative estimate of drug-likeness (QED) is 0.517. The number of rotatable bonds is 7. The van der Waals surface area contributed by atoms with Crippen LogP contribution in [0, 0.1) is 23.5 Å². The highest BCUT2D eigenvalue weighted by Crippen LogP contribution is 2.38. The molecular weight excluding hydrogens is 278 g/mol. The standard InChI is InChI=1S/C20H30F2/c1-3-5-15(2)6-4-7-16-8-10-17(11-9-16)18-12-13-19(21)20(22)14-18/h12-17H,3-11H2,1-2H3. The Labute approximate surface area is 134 Å². The molecule has 0 aliphatic heterocycles. The van der Waals surface area contributed by atoms with E-state index in [-0.39, 0.29) is 0 Å². The Bertz CT molecular complexity index is 447. The highest BCUT2D eigenvalue weighted by atomic mass is 19.2. The Balaban J connectivity index is 1.72. The molecule has 2 heteroatoms. The van der Waals surface area contributed by atoms with Crippen LogP contribution < -0.4 is 0 Å². The van der Waals surface area contributed by atoms with Crippen molar-refractivity contribution in [3.05, 3.63) is 35.4 Å². The molecule has 0 amide bonds. The van der Waals surface area contributed by atoms with E-state index in [1.165, 1.54) is 57.1 Å². The summed E-state index contributed by atoms with van der Waals surface area (Å²) < 4.78 is 26.4. The first kappa shape index (κ1) is 17.4. The zero-order valence-corrected chi connectivity index (χ0v) is 14.1. The summed E-state index contributed by atoms with van der Waals surface area (Å²) in [7, 11) is 0. The summed E-state index contributed by atoms with van der Waals surface area (Å²) >= 11 is 0. The first-order valence-electron chi connectivity index (χ1n) is 9.05. The van der Waals surface area contributed by atoms with Gasteiger partial charge in [0.1, 0.15) is 0 Å².